The van der Waals surface area contributed by atoms with E-state index in [0.717, 1.165) is 24.1 Å². The first-order chi connectivity index (χ1) is 6.40. The molecule has 1 aliphatic rings. The molecule has 1 aromatic heterocycles. The van der Waals surface area contributed by atoms with Crippen molar-refractivity contribution in [3.05, 3.63) is 35.7 Å². The van der Waals surface area contributed by atoms with Crippen molar-refractivity contribution >= 4 is 5.57 Å². The van der Waals surface area contributed by atoms with Gasteiger partial charge in [-0.15, -0.1) is 0 Å². The van der Waals surface area contributed by atoms with Gasteiger partial charge >= 0.3 is 0 Å². The van der Waals surface area contributed by atoms with E-state index >= 15 is 0 Å². The van der Waals surface area contributed by atoms with Crippen LogP contribution in [-0.2, 0) is 6.61 Å². The van der Waals surface area contributed by atoms with Gasteiger partial charge in [-0.2, -0.15) is 0 Å². The molecule has 0 spiro atoms. The second-order valence-electron chi connectivity index (χ2n) is 2.98. The minimum Gasteiger partial charge on any atom is -0.388 e. The number of nitrogens with zero attached hydrogens (tertiary/aromatic N) is 1. The minimum atomic E-state index is -0.0933. The molecule has 0 aliphatic heterocycles. The third kappa shape index (κ3) is 1.70. The van der Waals surface area contributed by atoms with E-state index in [4.69, 9.17) is 9.63 Å². The molecular weight excluding hydrogens is 166 g/mol. The van der Waals surface area contributed by atoms with Gasteiger partial charge < -0.3 is 9.63 Å². The lowest BCUT2D eigenvalue weighted by molar-refractivity contribution is 0.229. The van der Waals surface area contributed by atoms with Crippen LogP contribution < -0.4 is 0 Å². The number of rotatable bonds is 2. The van der Waals surface area contributed by atoms with E-state index in [1.807, 2.05) is 6.08 Å². The molecule has 0 bridgehead atoms. The van der Waals surface area contributed by atoms with Gasteiger partial charge in [0.1, 0.15) is 12.3 Å². The predicted molar refractivity (Wildman–Crippen MR) is 48.8 cm³/mol. The molecule has 0 amide bonds. The maximum absolute atomic E-state index is 8.78. The number of allylic oxidation sites excluding steroid dienone is 4. The Kier molecular flexibility index (Phi) is 2.27. The highest BCUT2D eigenvalue weighted by Crippen LogP contribution is 2.20. The smallest absolute Gasteiger partial charge is 0.162 e. The third-order valence-corrected chi connectivity index (χ3v) is 2.01. The molecule has 0 saturated heterocycles. The van der Waals surface area contributed by atoms with Crippen molar-refractivity contribution in [2.24, 2.45) is 0 Å². The molecule has 1 aliphatic carbocycles. The fourth-order valence-electron chi connectivity index (χ4n) is 1.33. The molecule has 2 rings (SSSR count). The van der Waals surface area contributed by atoms with Gasteiger partial charge in [0.2, 0.25) is 0 Å². The lowest BCUT2D eigenvalue weighted by Crippen LogP contribution is -1.84. The highest BCUT2D eigenvalue weighted by Gasteiger charge is 2.07. The molecule has 0 fully saturated rings. The van der Waals surface area contributed by atoms with Crippen LogP contribution in [0.25, 0.3) is 5.57 Å². The molecule has 68 valence electrons. The van der Waals surface area contributed by atoms with Gasteiger partial charge in [0.25, 0.3) is 0 Å². The van der Waals surface area contributed by atoms with Crippen LogP contribution in [0.15, 0.2) is 28.8 Å². The molecule has 1 heterocycles. The Morgan fingerprint density at radius 3 is 3.00 bits per heavy atom. The zero-order chi connectivity index (χ0) is 9.10. The molecule has 1 aromatic rings. The van der Waals surface area contributed by atoms with Crippen LogP contribution in [-0.4, -0.2) is 10.3 Å². The first-order valence-electron chi connectivity index (χ1n) is 4.33. The quantitative estimate of drug-likeness (QED) is 0.750. The van der Waals surface area contributed by atoms with E-state index < -0.39 is 0 Å². The van der Waals surface area contributed by atoms with E-state index in [0.29, 0.717) is 5.76 Å². The average Bonchev–Trinajstić information content (AvgIpc) is 2.67. The Morgan fingerprint density at radius 2 is 2.38 bits per heavy atom. The van der Waals surface area contributed by atoms with Crippen LogP contribution in [0.5, 0.6) is 0 Å². The van der Waals surface area contributed by atoms with E-state index in [2.05, 4.69) is 17.3 Å². The van der Waals surface area contributed by atoms with Gasteiger partial charge in [-0.3, -0.25) is 0 Å². The largest absolute Gasteiger partial charge is 0.388 e. The van der Waals surface area contributed by atoms with E-state index in [1.165, 1.54) is 0 Å². The summed E-state index contributed by atoms with van der Waals surface area (Å²) in [6, 6.07) is 1.77. The van der Waals surface area contributed by atoms with Crippen molar-refractivity contribution in [3.63, 3.8) is 0 Å². The minimum absolute atomic E-state index is 0.0933. The second kappa shape index (κ2) is 3.58. The van der Waals surface area contributed by atoms with Gasteiger partial charge in [0.05, 0.1) is 0 Å². The fraction of sp³-hybridized carbons (Fsp3) is 0.300. The first-order valence-corrected chi connectivity index (χ1v) is 4.33. The molecule has 0 aromatic carbocycles. The summed E-state index contributed by atoms with van der Waals surface area (Å²) in [5.41, 5.74) is 1.88. The molecule has 3 heteroatoms. The van der Waals surface area contributed by atoms with Crippen molar-refractivity contribution < 1.29 is 9.63 Å². The Balaban J connectivity index is 2.24. The van der Waals surface area contributed by atoms with Gasteiger partial charge in [-0.1, -0.05) is 23.4 Å². The second-order valence-corrected chi connectivity index (χ2v) is 2.98. The van der Waals surface area contributed by atoms with E-state index in [1.54, 1.807) is 6.07 Å². The van der Waals surface area contributed by atoms with Gasteiger partial charge in [0, 0.05) is 6.07 Å². The van der Waals surface area contributed by atoms with Crippen LogP contribution in [0.1, 0.15) is 24.3 Å². The summed E-state index contributed by atoms with van der Waals surface area (Å²) in [5.74, 6) is 0.509. The van der Waals surface area contributed by atoms with Crippen LogP contribution in [0.2, 0.25) is 0 Å². The average molecular weight is 177 g/mol. The molecule has 3 nitrogen and oxygen atoms in total. The molecule has 0 saturated carbocycles. The molecular formula is C10H11NO2. The number of aliphatic hydroxyl groups is 1. The summed E-state index contributed by atoms with van der Waals surface area (Å²) in [4.78, 5) is 0. The van der Waals surface area contributed by atoms with Crippen LogP contribution in [0, 0.1) is 0 Å². The van der Waals surface area contributed by atoms with E-state index in [9.17, 15) is 0 Å². The normalized spacial score (nSPS) is 15.9. The zero-order valence-electron chi connectivity index (χ0n) is 7.23. The van der Waals surface area contributed by atoms with Crippen molar-refractivity contribution in [1.82, 2.24) is 5.16 Å². The Bertz CT molecular complexity index is 350. The maximum Gasteiger partial charge on any atom is 0.162 e. The predicted octanol–water partition coefficient (Wildman–Crippen LogP) is 1.90. The molecule has 0 unspecified atom stereocenters. The Labute approximate surface area is 76.4 Å². The van der Waals surface area contributed by atoms with Crippen LogP contribution in [0.4, 0.5) is 0 Å². The third-order valence-electron chi connectivity index (χ3n) is 2.01. The number of hydrogen-bond acceptors (Lipinski definition) is 3. The molecule has 0 atom stereocenters. The standard InChI is InChI=1S/C10H11NO2/c12-7-9-6-10(11-13-9)8-4-2-1-3-5-8/h2,4-6,12H,1,3,7H2. The summed E-state index contributed by atoms with van der Waals surface area (Å²) in [6.07, 6.45) is 8.41. The van der Waals surface area contributed by atoms with Gasteiger partial charge in [-0.05, 0) is 18.4 Å². The van der Waals surface area contributed by atoms with Crippen LogP contribution >= 0.6 is 0 Å². The summed E-state index contributed by atoms with van der Waals surface area (Å²) >= 11 is 0. The highest BCUT2D eigenvalue weighted by molar-refractivity contribution is 5.72. The maximum atomic E-state index is 8.78. The van der Waals surface area contributed by atoms with Gasteiger partial charge in [-0.25, -0.2) is 0 Å². The summed E-state index contributed by atoms with van der Waals surface area (Å²) in [6.45, 7) is -0.0933. The molecule has 1 N–H and O–H groups in total. The lowest BCUT2D eigenvalue weighted by Gasteiger charge is -2.01. The zero-order valence-corrected chi connectivity index (χ0v) is 7.23. The Morgan fingerprint density at radius 1 is 1.46 bits per heavy atom. The summed E-state index contributed by atoms with van der Waals surface area (Å²) in [5, 5.41) is 12.6. The van der Waals surface area contributed by atoms with E-state index in [-0.39, 0.29) is 6.61 Å². The summed E-state index contributed by atoms with van der Waals surface area (Å²) in [7, 11) is 0. The SMILES string of the molecule is OCc1cc(C2=CCCC=C2)no1. The van der Waals surface area contributed by atoms with Crippen molar-refractivity contribution in [2.75, 3.05) is 0 Å². The monoisotopic (exact) mass is 177 g/mol. The fourth-order valence-corrected chi connectivity index (χ4v) is 1.33. The molecule has 13 heavy (non-hydrogen) atoms. The van der Waals surface area contributed by atoms with Crippen molar-refractivity contribution in [3.8, 4) is 0 Å². The van der Waals surface area contributed by atoms with Gasteiger partial charge in [0.15, 0.2) is 5.76 Å². The van der Waals surface area contributed by atoms with Crippen molar-refractivity contribution in [1.29, 1.82) is 0 Å². The number of aromatic nitrogens is 1. The number of aliphatic hydroxyl groups excluding tert-OH is 1. The highest BCUT2D eigenvalue weighted by atomic mass is 16.5. The lowest BCUT2D eigenvalue weighted by atomic mass is 10.0. The number of hydrogen-bond donors (Lipinski definition) is 1. The Hall–Kier alpha value is -1.35. The first kappa shape index (κ1) is 8.26. The van der Waals surface area contributed by atoms with Crippen molar-refractivity contribution in [2.45, 2.75) is 19.4 Å². The van der Waals surface area contributed by atoms with Crippen LogP contribution in [0.3, 0.4) is 0 Å². The summed E-state index contributed by atoms with van der Waals surface area (Å²) < 4.78 is 4.89. The topological polar surface area (TPSA) is 46.3 Å². The molecule has 0 radical (unpaired) electrons.